The number of hydrogen-bond acceptors (Lipinski definition) is 4. The molecule has 0 spiro atoms. The number of amides is 1. The lowest BCUT2D eigenvalue weighted by Gasteiger charge is -2.12. The highest BCUT2D eigenvalue weighted by Gasteiger charge is 2.08. The highest BCUT2D eigenvalue weighted by molar-refractivity contribution is 6.30. The molecule has 0 fully saturated rings. The van der Waals surface area contributed by atoms with Crippen LogP contribution >= 0.6 is 11.6 Å². The molecular formula is C17H20ClFN4O. The van der Waals surface area contributed by atoms with E-state index < -0.39 is 5.82 Å². The molecule has 128 valence electrons. The Hall–Kier alpha value is -2.21. The van der Waals surface area contributed by atoms with E-state index >= 15 is 0 Å². The number of nitrogens with zero attached hydrogens (tertiary/aromatic N) is 3. The smallest absolute Gasteiger partial charge is 0.225 e. The van der Waals surface area contributed by atoms with Crippen molar-refractivity contribution in [2.24, 2.45) is 0 Å². The van der Waals surface area contributed by atoms with Crippen LogP contribution in [0.2, 0.25) is 5.02 Å². The first-order valence-electron chi connectivity index (χ1n) is 7.57. The van der Waals surface area contributed by atoms with Crippen molar-refractivity contribution in [1.82, 2.24) is 15.3 Å². The number of halogens is 2. The Bertz CT molecular complexity index is 737. The Morgan fingerprint density at radius 1 is 1.29 bits per heavy atom. The quantitative estimate of drug-likeness (QED) is 0.870. The van der Waals surface area contributed by atoms with Crippen LogP contribution in [0.4, 0.5) is 10.3 Å². The molecule has 5 nitrogen and oxygen atoms in total. The second kappa shape index (κ2) is 8.06. The van der Waals surface area contributed by atoms with Gasteiger partial charge in [-0.1, -0.05) is 17.7 Å². The van der Waals surface area contributed by atoms with Crippen molar-refractivity contribution in [2.45, 2.75) is 26.3 Å². The Kier molecular flexibility index (Phi) is 6.09. The first kappa shape index (κ1) is 18.1. The fourth-order valence-electron chi connectivity index (χ4n) is 2.14. The van der Waals surface area contributed by atoms with Gasteiger partial charge in [0.15, 0.2) is 0 Å². The molecule has 0 aliphatic heterocycles. The molecule has 1 aromatic carbocycles. The van der Waals surface area contributed by atoms with Crippen LogP contribution in [0.5, 0.6) is 0 Å². The van der Waals surface area contributed by atoms with Crippen LogP contribution in [0.15, 0.2) is 24.3 Å². The number of benzene rings is 1. The minimum atomic E-state index is -0.458. The van der Waals surface area contributed by atoms with E-state index in [1.807, 2.05) is 32.0 Å². The van der Waals surface area contributed by atoms with E-state index in [0.717, 1.165) is 17.0 Å². The topological polar surface area (TPSA) is 58.1 Å². The zero-order valence-corrected chi connectivity index (χ0v) is 14.7. The van der Waals surface area contributed by atoms with Crippen LogP contribution in [0.3, 0.4) is 0 Å². The highest BCUT2D eigenvalue weighted by Crippen LogP contribution is 2.17. The van der Waals surface area contributed by atoms with Gasteiger partial charge in [-0.05, 0) is 37.1 Å². The number of aryl methyl sites for hydroxylation is 2. The highest BCUT2D eigenvalue weighted by atomic mass is 35.5. The summed E-state index contributed by atoms with van der Waals surface area (Å²) in [6.45, 7) is 2.23. The van der Waals surface area contributed by atoms with Gasteiger partial charge >= 0.3 is 0 Å². The van der Waals surface area contributed by atoms with Gasteiger partial charge in [0.1, 0.15) is 5.82 Å². The Labute approximate surface area is 145 Å². The second-order valence-electron chi connectivity index (χ2n) is 5.72. The largest absolute Gasteiger partial charge is 0.350 e. The molecular weight excluding hydrogens is 331 g/mol. The minimum absolute atomic E-state index is 0.0700. The van der Waals surface area contributed by atoms with Gasteiger partial charge in [-0.2, -0.15) is 0 Å². The monoisotopic (exact) mass is 350 g/mol. The summed E-state index contributed by atoms with van der Waals surface area (Å²) in [5, 5.41) is 2.90. The summed E-state index contributed by atoms with van der Waals surface area (Å²) in [6.07, 6.45) is 0.796. The van der Waals surface area contributed by atoms with E-state index in [9.17, 15) is 9.18 Å². The van der Waals surface area contributed by atoms with E-state index in [0.29, 0.717) is 25.3 Å². The van der Waals surface area contributed by atoms with Crippen LogP contribution < -0.4 is 10.2 Å². The molecule has 0 saturated heterocycles. The third kappa shape index (κ3) is 5.16. The summed E-state index contributed by atoms with van der Waals surface area (Å²) < 4.78 is 13.1. The van der Waals surface area contributed by atoms with Gasteiger partial charge in [-0.15, -0.1) is 0 Å². The van der Waals surface area contributed by atoms with Gasteiger partial charge in [0.05, 0.1) is 17.3 Å². The second-order valence-corrected chi connectivity index (χ2v) is 6.13. The van der Waals surface area contributed by atoms with Crippen molar-refractivity contribution in [1.29, 1.82) is 0 Å². The van der Waals surface area contributed by atoms with Gasteiger partial charge < -0.3 is 10.2 Å². The molecule has 2 rings (SSSR count). The average molecular weight is 351 g/mol. The molecule has 1 aromatic heterocycles. The molecule has 0 radical (unpaired) electrons. The molecule has 1 amide bonds. The summed E-state index contributed by atoms with van der Waals surface area (Å²) in [4.78, 5) is 22.5. The lowest BCUT2D eigenvalue weighted by molar-refractivity contribution is -0.121. The minimum Gasteiger partial charge on any atom is -0.350 e. The summed E-state index contributed by atoms with van der Waals surface area (Å²) in [7, 11) is 3.73. The molecule has 0 unspecified atom stereocenters. The lowest BCUT2D eigenvalue weighted by Crippen LogP contribution is -2.24. The molecule has 0 aliphatic rings. The van der Waals surface area contributed by atoms with E-state index in [4.69, 9.17) is 11.6 Å². The molecule has 1 heterocycles. The van der Waals surface area contributed by atoms with Crippen LogP contribution in [0, 0.1) is 12.7 Å². The predicted molar refractivity (Wildman–Crippen MR) is 92.7 cm³/mol. The maximum Gasteiger partial charge on any atom is 0.225 e. The summed E-state index contributed by atoms with van der Waals surface area (Å²) in [6, 6.07) is 6.32. The molecule has 0 bridgehead atoms. The number of rotatable bonds is 6. The number of nitrogens with one attached hydrogen (secondary N) is 1. The Morgan fingerprint density at radius 2 is 2.04 bits per heavy atom. The molecule has 1 N–H and O–H groups in total. The van der Waals surface area contributed by atoms with Crippen molar-refractivity contribution in [2.75, 3.05) is 19.0 Å². The molecule has 24 heavy (non-hydrogen) atoms. The first-order chi connectivity index (χ1) is 11.3. The first-order valence-corrected chi connectivity index (χ1v) is 7.95. The molecule has 7 heteroatoms. The van der Waals surface area contributed by atoms with Gasteiger partial charge in [0.2, 0.25) is 11.9 Å². The predicted octanol–water partition coefficient (Wildman–Crippen LogP) is 2.89. The number of carbonyl (C=O) groups is 1. The zero-order chi connectivity index (χ0) is 17.7. The maximum atomic E-state index is 13.1. The molecule has 2 aromatic rings. The van der Waals surface area contributed by atoms with E-state index in [1.165, 1.54) is 6.07 Å². The van der Waals surface area contributed by atoms with Crippen molar-refractivity contribution in [3.05, 3.63) is 52.1 Å². The molecule has 0 atom stereocenters. The molecule has 0 aliphatic carbocycles. The van der Waals surface area contributed by atoms with Crippen molar-refractivity contribution >= 4 is 23.5 Å². The van der Waals surface area contributed by atoms with Gasteiger partial charge in [0.25, 0.3) is 0 Å². The summed E-state index contributed by atoms with van der Waals surface area (Å²) >= 11 is 5.73. The zero-order valence-electron chi connectivity index (χ0n) is 13.9. The van der Waals surface area contributed by atoms with E-state index in [1.54, 1.807) is 12.1 Å². The number of hydrogen-bond donors (Lipinski definition) is 1. The van der Waals surface area contributed by atoms with Crippen LogP contribution in [-0.2, 0) is 17.8 Å². The van der Waals surface area contributed by atoms with Gasteiger partial charge in [0, 0.05) is 26.2 Å². The van der Waals surface area contributed by atoms with Crippen LogP contribution in [0.1, 0.15) is 23.4 Å². The van der Waals surface area contributed by atoms with Crippen LogP contribution in [-0.4, -0.2) is 30.0 Å². The third-order valence-corrected chi connectivity index (χ3v) is 3.68. The van der Waals surface area contributed by atoms with Crippen LogP contribution in [0.25, 0.3) is 0 Å². The number of aromatic nitrogens is 2. The van der Waals surface area contributed by atoms with Crippen molar-refractivity contribution < 1.29 is 9.18 Å². The van der Waals surface area contributed by atoms with E-state index in [-0.39, 0.29) is 10.9 Å². The maximum absolute atomic E-state index is 13.1. The standard InChI is InChI=1S/C17H20ClFN4O/c1-11-8-13(22-17(21-11)23(2)3)10-20-16(24)7-5-12-4-6-15(19)14(18)9-12/h4,6,8-9H,5,7,10H2,1-3H3,(H,20,24). The van der Waals surface area contributed by atoms with Gasteiger partial charge in [-0.3, -0.25) is 4.79 Å². The lowest BCUT2D eigenvalue weighted by atomic mass is 10.1. The number of anilines is 1. The van der Waals surface area contributed by atoms with Crippen molar-refractivity contribution in [3.8, 4) is 0 Å². The fraction of sp³-hybridized carbons (Fsp3) is 0.353. The summed E-state index contributed by atoms with van der Waals surface area (Å²) in [5.74, 6) is 0.0546. The van der Waals surface area contributed by atoms with Crippen molar-refractivity contribution in [3.63, 3.8) is 0 Å². The SMILES string of the molecule is Cc1cc(CNC(=O)CCc2ccc(F)c(Cl)c2)nc(N(C)C)n1. The molecule has 0 saturated carbocycles. The fourth-order valence-corrected chi connectivity index (χ4v) is 2.34. The normalized spacial score (nSPS) is 10.5. The summed E-state index contributed by atoms with van der Waals surface area (Å²) in [5.41, 5.74) is 2.42. The van der Waals surface area contributed by atoms with E-state index in [2.05, 4.69) is 15.3 Å². The Morgan fingerprint density at radius 3 is 2.71 bits per heavy atom. The average Bonchev–Trinajstić information content (AvgIpc) is 2.53. The third-order valence-electron chi connectivity index (χ3n) is 3.39. The Balaban J connectivity index is 1.88. The number of carbonyl (C=O) groups excluding carboxylic acids is 1. The van der Waals surface area contributed by atoms with Gasteiger partial charge in [-0.25, -0.2) is 14.4 Å².